The second-order valence-corrected chi connectivity index (χ2v) is 10.2. The lowest BCUT2D eigenvalue weighted by atomic mass is 10.1. The molecule has 0 saturated heterocycles. The molecule has 1 heterocycles. The van der Waals surface area contributed by atoms with Crippen molar-refractivity contribution in [2.45, 2.75) is 45.9 Å². The average molecular weight is 553 g/mol. The third-order valence-electron chi connectivity index (χ3n) is 5.65. The van der Waals surface area contributed by atoms with Crippen LogP contribution in [0.4, 0.5) is 13.2 Å². The summed E-state index contributed by atoms with van der Waals surface area (Å²) in [6.45, 7) is 5.35. The Hall–Kier alpha value is -3.08. The number of rotatable bonds is 8. The molecule has 0 fully saturated rings. The van der Waals surface area contributed by atoms with Gasteiger partial charge < -0.3 is 4.18 Å². The Labute approximate surface area is 217 Å². The van der Waals surface area contributed by atoms with Crippen LogP contribution in [0.15, 0.2) is 60.7 Å². The maximum Gasteiger partial charge on any atom is 0.449 e. The third kappa shape index (κ3) is 6.26. The fourth-order valence-electron chi connectivity index (χ4n) is 3.97. The van der Waals surface area contributed by atoms with Gasteiger partial charge in [-0.15, -0.1) is 0 Å². The number of benzene rings is 3. The lowest BCUT2D eigenvalue weighted by molar-refractivity contribution is -0.137. The number of aromatic nitrogens is 2. The number of alkyl halides is 3. The Kier molecular flexibility index (Phi) is 7.55. The van der Waals surface area contributed by atoms with Gasteiger partial charge in [-0.05, 0) is 62.2 Å². The predicted molar refractivity (Wildman–Crippen MR) is 135 cm³/mol. The number of fused-ring (bicyclic) bond motifs is 1. The van der Waals surface area contributed by atoms with E-state index in [2.05, 4.69) is 4.98 Å². The van der Waals surface area contributed by atoms with E-state index in [0.717, 1.165) is 17.2 Å². The Balaban J connectivity index is 1.52. The number of aryl methyl sites for hydroxylation is 2. The highest BCUT2D eigenvalue weighted by molar-refractivity contribution is 7.82. The summed E-state index contributed by atoms with van der Waals surface area (Å²) < 4.78 is 76.3. The molecule has 4 rings (SSSR count). The van der Waals surface area contributed by atoms with E-state index in [0.29, 0.717) is 23.4 Å². The normalized spacial score (nSPS) is 13.2. The monoisotopic (exact) mass is 552 g/mol. The quantitative estimate of drug-likeness (QED) is 0.239. The third-order valence-corrected chi connectivity index (χ3v) is 6.93. The summed E-state index contributed by atoms with van der Waals surface area (Å²) in [5, 5.41) is -0.402. The molecule has 0 spiro atoms. The maximum atomic E-state index is 13.3. The molecule has 0 aliphatic carbocycles. The Morgan fingerprint density at radius 2 is 1.70 bits per heavy atom. The molecule has 0 saturated carbocycles. The molecule has 0 aliphatic heterocycles. The highest BCUT2D eigenvalue weighted by Crippen LogP contribution is 2.38. The van der Waals surface area contributed by atoms with Crippen LogP contribution in [0.1, 0.15) is 36.4 Å². The minimum absolute atomic E-state index is 0.156. The van der Waals surface area contributed by atoms with E-state index in [9.17, 15) is 21.6 Å². The fourth-order valence-corrected chi connectivity index (χ4v) is 5.09. The molecule has 3 aromatic carbocycles. The first-order valence-corrected chi connectivity index (χ1v) is 13.1. The zero-order chi connectivity index (χ0) is 27.0. The van der Waals surface area contributed by atoms with Gasteiger partial charge in [0.05, 0.1) is 27.7 Å². The molecule has 0 N–H and O–H groups in total. The molecule has 0 unspecified atom stereocenters. The van der Waals surface area contributed by atoms with Crippen LogP contribution < -0.4 is 4.18 Å². The summed E-state index contributed by atoms with van der Waals surface area (Å²) in [7, 11) is -4.27. The standard InChI is InChI=1S/C26H24ClF3N2O4S/c1-4-25-31-23-14-21(26(28,29)30)22(27)15-24(23)32(25)19-9-7-18(8-10-19)13-17(3)35-37(33,34)36-20-11-5-16(2)6-12-20/h5-12,14-15,17H,4,13H2,1-3H3/t17-/m1/s1. The number of nitrogens with zero attached hydrogens (tertiary/aromatic N) is 2. The van der Waals surface area contributed by atoms with Gasteiger partial charge in [-0.3, -0.25) is 4.57 Å². The second-order valence-electron chi connectivity index (χ2n) is 8.62. The Morgan fingerprint density at radius 3 is 2.30 bits per heavy atom. The predicted octanol–water partition coefficient (Wildman–Crippen LogP) is 6.84. The van der Waals surface area contributed by atoms with Gasteiger partial charge in [0.2, 0.25) is 0 Å². The van der Waals surface area contributed by atoms with Crippen molar-refractivity contribution in [3.05, 3.63) is 88.2 Å². The van der Waals surface area contributed by atoms with Crippen molar-refractivity contribution in [1.29, 1.82) is 0 Å². The van der Waals surface area contributed by atoms with Crippen LogP contribution in [0.25, 0.3) is 16.7 Å². The topological polar surface area (TPSA) is 70.4 Å². The van der Waals surface area contributed by atoms with Gasteiger partial charge in [0.15, 0.2) is 0 Å². The van der Waals surface area contributed by atoms with E-state index < -0.39 is 33.3 Å². The van der Waals surface area contributed by atoms with Gasteiger partial charge in [-0.25, -0.2) is 9.17 Å². The van der Waals surface area contributed by atoms with Crippen molar-refractivity contribution in [1.82, 2.24) is 9.55 Å². The zero-order valence-electron chi connectivity index (χ0n) is 20.2. The molecular formula is C26H24ClF3N2O4S. The van der Waals surface area contributed by atoms with E-state index in [4.69, 9.17) is 20.0 Å². The van der Waals surface area contributed by atoms with Gasteiger partial charge >= 0.3 is 16.6 Å². The van der Waals surface area contributed by atoms with Gasteiger partial charge in [0.25, 0.3) is 0 Å². The number of imidazole rings is 1. The summed E-state index contributed by atoms with van der Waals surface area (Å²) in [5.41, 5.74) is 2.16. The van der Waals surface area contributed by atoms with Crippen molar-refractivity contribution in [2.24, 2.45) is 0 Å². The van der Waals surface area contributed by atoms with Crippen LogP contribution in [0.3, 0.4) is 0 Å². The highest BCUT2D eigenvalue weighted by atomic mass is 35.5. The molecule has 0 amide bonds. The number of hydrogen-bond acceptors (Lipinski definition) is 5. The second kappa shape index (κ2) is 10.4. The summed E-state index contributed by atoms with van der Waals surface area (Å²) in [4.78, 5) is 4.38. The molecular weight excluding hydrogens is 529 g/mol. The first-order chi connectivity index (χ1) is 17.4. The summed E-state index contributed by atoms with van der Waals surface area (Å²) in [6, 6.07) is 15.9. The lowest BCUT2D eigenvalue weighted by Crippen LogP contribution is -2.21. The largest absolute Gasteiger partial charge is 0.449 e. The molecule has 1 aromatic heterocycles. The van der Waals surface area contributed by atoms with E-state index in [1.54, 1.807) is 60.0 Å². The van der Waals surface area contributed by atoms with Crippen LogP contribution in [0.2, 0.25) is 5.02 Å². The van der Waals surface area contributed by atoms with Crippen LogP contribution >= 0.6 is 11.6 Å². The van der Waals surface area contributed by atoms with E-state index >= 15 is 0 Å². The molecule has 1 atom stereocenters. The Morgan fingerprint density at radius 1 is 1.05 bits per heavy atom. The molecule has 0 bridgehead atoms. The molecule has 6 nitrogen and oxygen atoms in total. The lowest BCUT2D eigenvalue weighted by Gasteiger charge is -2.14. The SMILES string of the molecule is CCc1nc2cc(C(F)(F)F)c(Cl)cc2n1-c1ccc(C[C@@H](C)OS(=O)(=O)Oc2ccc(C)cc2)cc1. The minimum atomic E-state index is -4.58. The first kappa shape index (κ1) is 27.0. The first-order valence-electron chi connectivity index (χ1n) is 11.4. The van der Waals surface area contributed by atoms with E-state index in [1.807, 2.05) is 13.8 Å². The summed E-state index contributed by atoms with van der Waals surface area (Å²) in [6.07, 6.45) is -4.52. The Bertz CT molecular complexity index is 1520. The van der Waals surface area contributed by atoms with E-state index in [-0.39, 0.29) is 17.7 Å². The zero-order valence-corrected chi connectivity index (χ0v) is 21.8. The summed E-state index contributed by atoms with van der Waals surface area (Å²) in [5.74, 6) is 0.734. The summed E-state index contributed by atoms with van der Waals surface area (Å²) >= 11 is 5.96. The molecule has 0 aliphatic rings. The van der Waals surface area contributed by atoms with Crippen molar-refractivity contribution in [3.8, 4) is 11.4 Å². The molecule has 0 radical (unpaired) electrons. The minimum Gasteiger partial charge on any atom is -0.362 e. The van der Waals surface area contributed by atoms with Crippen LogP contribution in [-0.4, -0.2) is 24.1 Å². The molecule has 11 heteroatoms. The fraction of sp³-hybridized carbons (Fsp3) is 0.269. The van der Waals surface area contributed by atoms with Crippen molar-refractivity contribution in [2.75, 3.05) is 0 Å². The smallest absolute Gasteiger partial charge is 0.362 e. The van der Waals surface area contributed by atoms with Crippen molar-refractivity contribution in [3.63, 3.8) is 0 Å². The highest BCUT2D eigenvalue weighted by Gasteiger charge is 2.34. The van der Waals surface area contributed by atoms with Crippen LogP contribution in [-0.2, 0) is 33.6 Å². The van der Waals surface area contributed by atoms with Gasteiger partial charge in [0, 0.05) is 12.1 Å². The maximum absolute atomic E-state index is 13.3. The van der Waals surface area contributed by atoms with Gasteiger partial charge in [0.1, 0.15) is 11.6 Å². The molecule has 196 valence electrons. The average Bonchev–Trinajstić information content (AvgIpc) is 3.16. The van der Waals surface area contributed by atoms with Crippen LogP contribution in [0.5, 0.6) is 5.75 Å². The van der Waals surface area contributed by atoms with Crippen molar-refractivity contribution >= 4 is 33.0 Å². The van der Waals surface area contributed by atoms with E-state index in [1.165, 1.54) is 6.07 Å². The number of hydrogen-bond donors (Lipinski definition) is 0. The van der Waals surface area contributed by atoms with Crippen LogP contribution in [0, 0.1) is 6.92 Å². The van der Waals surface area contributed by atoms with Gasteiger partial charge in [-0.2, -0.15) is 21.6 Å². The van der Waals surface area contributed by atoms with Gasteiger partial charge in [-0.1, -0.05) is 48.4 Å². The number of halogens is 4. The molecule has 4 aromatic rings. The van der Waals surface area contributed by atoms with Crippen molar-refractivity contribution < 1.29 is 30.0 Å². The molecule has 37 heavy (non-hydrogen) atoms.